The first-order valence-corrected chi connectivity index (χ1v) is 12.0. The van der Waals surface area contributed by atoms with Gasteiger partial charge in [0, 0.05) is 11.6 Å². The highest BCUT2D eigenvalue weighted by atomic mass is 28.3. The van der Waals surface area contributed by atoms with Crippen LogP contribution in [0.4, 0.5) is 4.39 Å². The Balaban J connectivity index is 2.33. The first kappa shape index (κ1) is 21.4. The topological polar surface area (TPSA) is 21.6 Å². The molecule has 1 heterocycles. The molecule has 0 N–H and O–H groups in total. The van der Waals surface area contributed by atoms with Gasteiger partial charge in [-0.1, -0.05) is 47.5 Å². The molecule has 0 saturated carbocycles. The molecule has 146 valence electrons. The highest BCUT2D eigenvalue weighted by Crippen LogP contribution is 2.40. The standard InChI is InChI=1S/C23H32FNOSi/c1-16(2)27(17(3)4,18(5)6)15-9-10-21-23(7,8)25-22(26-21)19-11-13-20(24)14-12-19/h10-14,16-18H,1-8H3/b21-10+. The van der Waals surface area contributed by atoms with Crippen molar-refractivity contribution < 1.29 is 9.13 Å². The number of nitrogens with zero attached hydrogens (tertiary/aromatic N) is 1. The van der Waals surface area contributed by atoms with Crippen LogP contribution in [0.25, 0.3) is 0 Å². The number of rotatable bonds is 4. The van der Waals surface area contributed by atoms with Gasteiger partial charge in [-0.15, -0.1) is 5.54 Å². The molecule has 0 fully saturated rings. The molecular weight excluding hydrogens is 353 g/mol. The van der Waals surface area contributed by atoms with Gasteiger partial charge in [0.05, 0.1) is 0 Å². The lowest BCUT2D eigenvalue weighted by Gasteiger charge is -2.38. The van der Waals surface area contributed by atoms with Crippen LogP contribution in [0, 0.1) is 17.3 Å². The summed E-state index contributed by atoms with van der Waals surface area (Å²) in [5.41, 5.74) is 5.76. The van der Waals surface area contributed by atoms with Crippen molar-refractivity contribution in [1.82, 2.24) is 0 Å². The van der Waals surface area contributed by atoms with Gasteiger partial charge in [-0.2, -0.15) is 0 Å². The van der Waals surface area contributed by atoms with Gasteiger partial charge < -0.3 is 4.74 Å². The van der Waals surface area contributed by atoms with E-state index in [4.69, 9.17) is 4.74 Å². The fraction of sp³-hybridized carbons (Fsp3) is 0.522. The van der Waals surface area contributed by atoms with Crippen LogP contribution in [-0.2, 0) is 4.74 Å². The first-order valence-electron chi connectivity index (χ1n) is 9.77. The van der Waals surface area contributed by atoms with Gasteiger partial charge in [-0.25, -0.2) is 9.38 Å². The summed E-state index contributed by atoms with van der Waals surface area (Å²) in [5, 5.41) is 0. The number of ether oxygens (including phenoxy) is 1. The highest BCUT2D eigenvalue weighted by molar-refractivity contribution is 6.90. The number of benzene rings is 1. The van der Waals surface area contributed by atoms with Crippen LogP contribution in [0.5, 0.6) is 0 Å². The third kappa shape index (κ3) is 4.35. The number of halogens is 1. The Kier molecular flexibility index (Phi) is 6.37. The fourth-order valence-electron chi connectivity index (χ4n) is 4.14. The molecule has 4 heteroatoms. The molecule has 0 aromatic heterocycles. The summed E-state index contributed by atoms with van der Waals surface area (Å²) in [6, 6.07) is 6.22. The molecule has 0 amide bonds. The zero-order valence-corrected chi connectivity index (χ0v) is 18.9. The van der Waals surface area contributed by atoms with E-state index < -0.39 is 13.6 Å². The third-order valence-corrected chi connectivity index (χ3v) is 11.9. The summed E-state index contributed by atoms with van der Waals surface area (Å²) in [5.74, 6) is 4.34. The van der Waals surface area contributed by atoms with Crippen LogP contribution in [0.2, 0.25) is 16.6 Å². The summed E-state index contributed by atoms with van der Waals surface area (Å²) in [7, 11) is -1.77. The molecule has 0 spiro atoms. The van der Waals surface area contributed by atoms with E-state index in [2.05, 4.69) is 58.0 Å². The summed E-state index contributed by atoms with van der Waals surface area (Å²) in [6.45, 7) is 17.9. The van der Waals surface area contributed by atoms with Crippen molar-refractivity contribution in [2.75, 3.05) is 0 Å². The van der Waals surface area contributed by atoms with Gasteiger partial charge in [-0.3, -0.25) is 0 Å². The summed E-state index contributed by atoms with van der Waals surface area (Å²) >= 11 is 0. The van der Waals surface area contributed by atoms with Crippen LogP contribution >= 0.6 is 0 Å². The summed E-state index contributed by atoms with van der Waals surface area (Å²) in [4.78, 5) is 4.67. The van der Waals surface area contributed by atoms with Gasteiger partial charge in [0.15, 0.2) is 0 Å². The van der Waals surface area contributed by atoms with E-state index in [1.165, 1.54) is 12.1 Å². The Labute approximate surface area is 164 Å². The van der Waals surface area contributed by atoms with Gasteiger partial charge in [0.25, 0.3) is 0 Å². The summed E-state index contributed by atoms with van der Waals surface area (Å²) < 4.78 is 19.2. The van der Waals surface area contributed by atoms with Gasteiger partial charge in [0.2, 0.25) is 5.90 Å². The van der Waals surface area contributed by atoms with E-state index in [0.29, 0.717) is 22.5 Å². The zero-order chi connectivity index (χ0) is 20.4. The molecule has 0 saturated heterocycles. The van der Waals surface area contributed by atoms with Crippen LogP contribution in [0.15, 0.2) is 41.1 Å². The molecule has 1 aliphatic rings. The largest absolute Gasteiger partial charge is 0.440 e. The predicted octanol–water partition coefficient (Wildman–Crippen LogP) is 6.49. The van der Waals surface area contributed by atoms with Crippen molar-refractivity contribution in [2.24, 2.45) is 4.99 Å². The van der Waals surface area contributed by atoms with Crippen LogP contribution < -0.4 is 0 Å². The number of allylic oxidation sites excluding steroid dienone is 1. The molecule has 1 aromatic rings. The van der Waals surface area contributed by atoms with Gasteiger partial charge in [-0.05, 0) is 54.7 Å². The Morgan fingerprint density at radius 2 is 1.52 bits per heavy atom. The molecule has 2 rings (SSSR count). The monoisotopic (exact) mass is 385 g/mol. The third-order valence-electron chi connectivity index (χ3n) is 5.64. The van der Waals surface area contributed by atoms with Crippen molar-refractivity contribution in [3.05, 3.63) is 47.5 Å². The smallest absolute Gasteiger partial charge is 0.222 e. The average molecular weight is 386 g/mol. The van der Waals surface area contributed by atoms with Crippen molar-refractivity contribution in [3.8, 4) is 11.5 Å². The normalized spacial score (nSPS) is 17.9. The Morgan fingerprint density at radius 1 is 1.00 bits per heavy atom. The Hall–Kier alpha value is -1.86. The fourth-order valence-corrected chi connectivity index (χ4v) is 9.33. The lowest BCUT2D eigenvalue weighted by atomic mass is 10.0. The molecule has 27 heavy (non-hydrogen) atoms. The molecule has 0 bridgehead atoms. The summed E-state index contributed by atoms with van der Waals surface area (Å²) in [6.07, 6.45) is 1.88. The lowest BCUT2D eigenvalue weighted by Crippen LogP contribution is -2.43. The SMILES string of the molecule is CC(C)[Si](C#C/C=C1/OC(c2ccc(F)cc2)=NC1(C)C)(C(C)C)C(C)C. The quantitative estimate of drug-likeness (QED) is 0.429. The van der Waals surface area contributed by atoms with E-state index in [-0.39, 0.29) is 5.82 Å². The van der Waals surface area contributed by atoms with E-state index in [1.54, 1.807) is 12.1 Å². The van der Waals surface area contributed by atoms with E-state index in [0.717, 1.165) is 11.3 Å². The Bertz CT molecular complexity index is 770. The highest BCUT2D eigenvalue weighted by Gasteiger charge is 2.41. The maximum absolute atomic E-state index is 13.2. The minimum atomic E-state index is -1.77. The number of aliphatic imine (C=N–C) groups is 1. The second kappa shape index (κ2) is 8.02. The number of hydrogen-bond acceptors (Lipinski definition) is 2. The van der Waals surface area contributed by atoms with Crippen molar-refractivity contribution >= 4 is 14.0 Å². The van der Waals surface area contributed by atoms with E-state index in [9.17, 15) is 4.39 Å². The van der Waals surface area contributed by atoms with E-state index >= 15 is 0 Å². The minimum Gasteiger partial charge on any atom is -0.440 e. The van der Waals surface area contributed by atoms with Crippen LogP contribution in [0.3, 0.4) is 0 Å². The second-order valence-electron chi connectivity index (χ2n) is 8.76. The molecule has 1 aromatic carbocycles. The molecule has 0 unspecified atom stereocenters. The lowest BCUT2D eigenvalue weighted by molar-refractivity contribution is 0.382. The molecular formula is C23H32FNOSi. The van der Waals surface area contributed by atoms with E-state index in [1.807, 2.05) is 19.9 Å². The molecule has 1 aliphatic heterocycles. The van der Waals surface area contributed by atoms with Crippen molar-refractivity contribution in [1.29, 1.82) is 0 Å². The molecule has 0 atom stereocenters. The maximum Gasteiger partial charge on any atom is 0.222 e. The van der Waals surface area contributed by atoms with Crippen molar-refractivity contribution in [2.45, 2.75) is 77.6 Å². The van der Waals surface area contributed by atoms with Crippen LogP contribution in [0.1, 0.15) is 61.0 Å². The van der Waals surface area contributed by atoms with Crippen LogP contribution in [-0.4, -0.2) is 19.5 Å². The molecule has 0 aliphatic carbocycles. The second-order valence-corrected chi connectivity index (χ2v) is 14.3. The van der Waals surface area contributed by atoms with Crippen molar-refractivity contribution in [3.63, 3.8) is 0 Å². The minimum absolute atomic E-state index is 0.268. The maximum atomic E-state index is 13.2. The number of hydrogen-bond donors (Lipinski definition) is 0. The van der Waals surface area contributed by atoms with Gasteiger partial charge in [0.1, 0.15) is 25.2 Å². The molecule has 0 radical (unpaired) electrons. The Morgan fingerprint density at radius 3 is 2.00 bits per heavy atom. The zero-order valence-electron chi connectivity index (χ0n) is 17.9. The first-order chi connectivity index (χ1) is 12.5. The predicted molar refractivity (Wildman–Crippen MR) is 115 cm³/mol. The van der Waals surface area contributed by atoms with Gasteiger partial charge >= 0.3 is 0 Å². The molecule has 2 nitrogen and oxygen atoms in total. The average Bonchev–Trinajstić information content (AvgIpc) is 2.86.